The van der Waals surface area contributed by atoms with Gasteiger partial charge in [-0.2, -0.15) is 0 Å². The van der Waals surface area contributed by atoms with Crippen LogP contribution in [0.15, 0.2) is 218 Å². The lowest BCUT2D eigenvalue weighted by Crippen LogP contribution is -2.12. The van der Waals surface area contributed by atoms with Crippen molar-refractivity contribution in [3.8, 4) is 27.9 Å². The van der Waals surface area contributed by atoms with Gasteiger partial charge in [0.05, 0.1) is 22.4 Å². The molecule has 56 heavy (non-hydrogen) atoms. The maximum absolute atomic E-state index is 2.48. The number of aromatic nitrogens is 1. The molecule has 0 spiro atoms. The predicted molar refractivity (Wildman–Crippen MR) is 239 cm³/mol. The second kappa shape index (κ2) is 13.2. The first-order valence-corrected chi connectivity index (χ1v) is 19.3. The van der Waals surface area contributed by atoms with E-state index in [2.05, 4.69) is 228 Å². The molecule has 11 rings (SSSR count). The molecule has 1 aromatic heterocycles. The van der Waals surface area contributed by atoms with Crippen molar-refractivity contribution in [3.05, 3.63) is 218 Å². The molecule has 2 heteroatoms. The molecule has 0 aliphatic carbocycles. The summed E-state index contributed by atoms with van der Waals surface area (Å²) in [5.41, 5.74) is 11.7. The van der Waals surface area contributed by atoms with Crippen molar-refractivity contribution in [3.63, 3.8) is 0 Å². The Morgan fingerprint density at radius 3 is 1.70 bits per heavy atom. The molecule has 0 saturated heterocycles. The first kappa shape index (κ1) is 32.0. The normalized spacial score (nSPS) is 11.6. The van der Waals surface area contributed by atoms with E-state index >= 15 is 0 Å². The van der Waals surface area contributed by atoms with Crippen molar-refractivity contribution in [1.29, 1.82) is 0 Å². The average molecular weight is 713 g/mol. The van der Waals surface area contributed by atoms with E-state index in [1.165, 1.54) is 76.4 Å². The fourth-order valence-corrected chi connectivity index (χ4v) is 8.91. The molecule has 10 aromatic carbocycles. The maximum atomic E-state index is 2.48. The van der Waals surface area contributed by atoms with Crippen LogP contribution in [-0.2, 0) is 0 Å². The highest BCUT2D eigenvalue weighted by atomic mass is 15.2. The quantitative estimate of drug-likeness (QED) is 0.167. The summed E-state index contributed by atoms with van der Waals surface area (Å²) in [4.78, 5) is 2.48. The van der Waals surface area contributed by atoms with Crippen molar-refractivity contribution >= 4 is 71.2 Å². The number of hydrogen-bond donors (Lipinski definition) is 0. The lowest BCUT2D eigenvalue weighted by Gasteiger charge is -2.29. The molecule has 0 fully saturated rings. The Balaban J connectivity index is 1.23. The molecule has 1 heterocycles. The monoisotopic (exact) mass is 712 g/mol. The topological polar surface area (TPSA) is 8.17 Å². The fourth-order valence-electron chi connectivity index (χ4n) is 8.91. The van der Waals surface area contributed by atoms with Crippen LogP contribution in [0.25, 0.3) is 82.1 Å². The summed E-state index contributed by atoms with van der Waals surface area (Å²) in [6, 6.07) is 79.5. The smallest absolute Gasteiger partial charge is 0.0782 e. The number of rotatable bonds is 6. The van der Waals surface area contributed by atoms with E-state index in [4.69, 9.17) is 0 Å². The van der Waals surface area contributed by atoms with Crippen LogP contribution in [0.4, 0.5) is 17.1 Å². The van der Waals surface area contributed by atoms with Gasteiger partial charge in [0.15, 0.2) is 0 Å². The van der Waals surface area contributed by atoms with Crippen molar-refractivity contribution < 1.29 is 0 Å². The summed E-state index contributed by atoms with van der Waals surface area (Å²) in [6.45, 7) is 0. The molecule has 262 valence electrons. The zero-order valence-electron chi connectivity index (χ0n) is 30.7. The predicted octanol–water partition coefficient (Wildman–Crippen LogP) is 15.0. The maximum Gasteiger partial charge on any atom is 0.0782 e. The molecule has 0 bridgehead atoms. The second-order valence-corrected chi connectivity index (χ2v) is 14.5. The van der Waals surface area contributed by atoms with Gasteiger partial charge < -0.3 is 9.47 Å². The summed E-state index contributed by atoms with van der Waals surface area (Å²) in [5.74, 6) is 0. The zero-order valence-corrected chi connectivity index (χ0v) is 30.7. The molecule has 0 saturated carbocycles. The fraction of sp³-hybridized carbons (Fsp3) is 0. The molecule has 0 aliphatic heterocycles. The third kappa shape index (κ3) is 5.11. The van der Waals surface area contributed by atoms with Gasteiger partial charge >= 0.3 is 0 Å². The van der Waals surface area contributed by atoms with E-state index in [9.17, 15) is 0 Å². The highest BCUT2D eigenvalue weighted by molar-refractivity contribution is 6.24. The zero-order chi connectivity index (χ0) is 37.0. The third-order valence-electron chi connectivity index (χ3n) is 11.3. The Morgan fingerprint density at radius 2 is 0.893 bits per heavy atom. The van der Waals surface area contributed by atoms with Gasteiger partial charge in [-0.3, -0.25) is 0 Å². The number of para-hydroxylation sites is 2. The number of benzene rings is 10. The average Bonchev–Trinajstić information content (AvgIpc) is 3.62. The van der Waals surface area contributed by atoms with Gasteiger partial charge in [0.2, 0.25) is 0 Å². The van der Waals surface area contributed by atoms with Crippen LogP contribution in [0, 0.1) is 0 Å². The molecule has 0 N–H and O–H groups in total. The van der Waals surface area contributed by atoms with Crippen LogP contribution in [0.1, 0.15) is 0 Å². The Morgan fingerprint density at radius 1 is 0.339 bits per heavy atom. The summed E-state index contributed by atoms with van der Waals surface area (Å²) < 4.78 is 2.46. The van der Waals surface area contributed by atoms with Crippen LogP contribution in [0.3, 0.4) is 0 Å². The second-order valence-electron chi connectivity index (χ2n) is 14.5. The van der Waals surface area contributed by atoms with Gasteiger partial charge in [0.1, 0.15) is 0 Å². The Bertz CT molecular complexity index is 3240. The van der Waals surface area contributed by atoms with E-state index < -0.39 is 0 Å². The lowest BCUT2D eigenvalue weighted by molar-refractivity contribution is 1.17. The molecule has 0 unspecified atom stereocenters. The molecule has 0 aliphatic rings. The van der Waals surface area contributed by atoms with Gasteiger partial charge in [-0.25, -0.2) is 0 Å². The Labute approximate surface area is 325 Å². The minimum absolute atomic E-state index is 1.09. The molecular formula is C54H36N2. The van der Waals surface area contributed by atoms with Crippen molar-refractivity contribution in [2.24, 2.45) is 0 Å². The highest BCUT2D eigenvalue weighted by Gasteiger charge is 2.24. The van der Waals surface area contributed by atoms with E-state index in [1.807, 2.05) is 0 Å². The SMILES string of the molecule is c1ccc(-c2cccc3cccc(-c4cccc(N(c5cccc6ccccc56)c5cccc6c7c8ccccc8ccc7n(-c7ccccc7)c56)c4)c23)cc1. The van der Waals surface area contributed by atoms with Crippen LogP contribution in [0.5, 0.6) is 0 Å². The third-order valence-corrected chi connectivity index (χ3v) is 11.3. The van der Waals surface area contributed by atoms with Gasteiger partial charge in [-0.1, -0.05) is 176 Å². The molecular weight excluding hydrogens is 677 g/mol. The summed E-state index contributed by atoms with van der Waals surface area (Å²) in [7, 11) is 0. The minimum atomic E-state index is 1.09. The number of fused-ring (bicyclic) bond motifs is 7. The van der Waals surface area contributed by atoms with Crippen LogP contribution >= 0.6 is 0 Å². The van der Waals surface area contributed by atoms with Crippen molar-refractivity contribution in [2.45, 2.75) is 0 Å². The molecule has 0 radical (unpaired) electrons. The summed E-state index contributed by atoms with van der Waals surface area (Å²) in [6.07, 6.45) is 0. The molecule has 2 nitrogen and oxygen atoms in total. The minimum Gasteiger partial charge on any atom is -0.308 e. The van der Waals surface area contributed by atoms with E-state index in [1.54, 1.807) is 0 Å². The van der Waals surface area contributed by atoms with Gasteiger partial charge in [-0.05, 0) is 91.6 Å². The first-order chi connectivity index (χ1) is 27.8. The Hall–Kier alpha value is -7.42. The molecule has 11 aromatic rings. The van der Waals surface area contributed by atoms with Crippen molar-refractivity contribution in [2.75, 3.05) is 4.90 Å². The Kier molecular flexibility index (Phi) is 7.53. The summed E-state index contributed by atoms with van der Waals surface area (Å²) >= 11 is 0. The van der Waals surface area contributed by atoms with Gasteiger partial charge in [0.25, 0.3) is 0 Å². The number of nitrogens with zero attached hydrogens (tertiary/aromatic N) is 2. The van der Waals surface area contributed by atoms with Gasteiger partial charge in [0, 0.05) is 27.5 Å². The summed E-state index contributed by atoms with van der Waals surface area (Å²) in [5, 5.41) is 9.86. The highest BCUT2D eigenvalue weighted by Crippen LogP contribution is 2.47. The van der Waals surface area contributed by atoms with Crippen LogP contribution in [-0.4, -0.2) is 4.57 Å². The van der Waals surface area contributed by atoms with Gasteiger partial charge in [-0.15, -0.1) is 0 Å². The van der Waals surface area contributed by atoms with Crippen LogP contribution in [0.2, 0.25) is 0 Å². The van der Waals surface area contributed by atoms with E-state index in [0.717, 1.165) is 22.7 Å². The van der Waals surface area contributed by atoms with Crippen LogP contribution < -0.4 is 4.90 Å². The number of hydrogen-bond acceptors (Lipinski definition) is 1. The standard InChI is InChI=1S/C54H36N2/c1-3-16-38(17-4-1)45-29-12-21-40-22-13-30-47(52(40)45)41-23-11-26-43(36-41)55(49-32-14-20-37-18-7-9-27-44(37)49)51-33-15-31-48-53-46-28-10-8-19-39(46)34-35-50(53)56(54(48)51)42-24-5-2-6-25-42/h1-36H. The lowest BCUT2D eigenvalue weighted by atomic mass is 9.91. The van der Waals surface area contributed by atoms with E-state index in [-0.39, 0.29) is 0 Å². The molecule has 0 amide bonds. The van der Waals surface area contributed by atoms with Crippen molar-refractivity contribution in [1.82, 2.24) is 4.57 Å². The largest absolute Gasteiger partial charge is 0.308 e. The number of anilines is 3. The van der Waals surface area contributed by atoms with E-state index in [0.29, 0.717) is 0 Å². The molecule has 0 atom stereocenters. The first-order valence-electron chi connectivity index (χ1n) is 19.3.